The van der Waals surface area contributed by atoms with Crippen molar-refractivity contribution in [1.29, 1.82) is 0 Å². The minimum atomic E-state index is 0.754. The summed E-state index contributed by atoms with van der Waals surface area (Å²) in [5, 5.41) is 4.55. The largest absolute Gasteiger partial charge is 0.497 e. The van der Waals surface area contributed by atoms with Gasteiger partial charge in [0.15, 0.2) is 0 Å². The first kappa shape index (κ1) is 14.8. The van der Waals surface area contributed by atoms with E-state index in [9.17, 15) is 0 Å². The van der Waals surface area contributed by atoms with Crippen molar-refractivity contribution in [1.82, 2.24) is 10.3 Å². The molecule has 1 N–H and O–H groups in total. The Hall–Kier alpha value is -1.59. The van der Waals surface area contributed by atoms with Crippen LogP contribution in [0.5, 0.6) is 11.5 Å². The average molecular weight is 292 g/mol. The third-order valence-electron chi connectivity index (χ3n) is 3.09. The maximum atomic E-state index is 5.39. The van der Waals surface area contributed by atoms with Gasteiger partial charge in [0.1, 0.15) is 11.5 Å². The molecule has 1 aromatic heterocycles. The van der Waals surface area contributed by atoms with E-state index in [0.29, 0.717) is 0 Å². The molecule has 0 saturated carbocycles. The number of nitrogens with zero attached hydrogens (tertiary/aromatic N) is 1. The molecule has 0 bridgehead atoms. The number of benzene rings is 1. The van der Waals surface area contributed by atoms with Crippen molar-refractivity contribution in [3.05, 3.63) is 39.3 Å². The summed E-state index contributed by atoms with van der Waals surface area (Å²) >= 11 is 1.74. The highest BCUT2D eigenvalue weighted by Crippen LogP contribution is 2.24. The first-order valence-corrected chi connectivity index (χ1v) is 7.30. The summed E-state index contributed by atoms with van der Waals surface area (Å²) in [6, 6.07) is 5.87. The molecule has 0 aliphatic carbocycles. The number of rotatable bonds is 6. The van der Waals surface area contributed by atoms with Crippen LogP contribution in [0.1, 0.15) is 21.1 Å². The first-order chi connectivity index (χ1) is 9.63. The number of methoxy groups -OCH3 is 2. The van der Waals surface area contributed by atoms with E-state index < -0.39 is 0 Å². The van der Waals surface area contributed by atoms with Gasteiger partial charge in [-0.15, -0.1) is 11.3 Å². The summed E-state index contributed by atoms with van der Waals surface area (Å²) in [4.78, 5) is 5.72. The van der Waals surface area contributed by atoms with Crippen LogP contribution in [0.3, 0.4) is 0 Å². The van der Waals surface area contributed by atoms with Crippen LogP contribution in [0.2, 0.25) is 0 Å². The summed E-state index contributed by atoms with van der Waals surface area (Å²) < 4.78 is 10.6. The van der Waals surface area contributed by atoms with E-state index in [0.717, 1.165) is 40.9 Å². The van der Waals surface area contributed by atoms with Gasteiger partial charge in [0.2, 0.25) is 0 Å². The molecule has 0 atom stereocenters. The molecule has 0 fully saturated rings. The van der Waals surface area contributed by atoms with Crippen molar-refractivity contribution in [3.8, 4) is 11.5 Å². The molecule has 0 aliphatic heterocycles. The second kappa shape index (κ2) is 6.72. The van der Waals surface area contributed by atoms with Crippen LogP contribution in [0, 0.1) is 13.8 Å². The van der Waals surface area contributed by atoms with Gasteiger partial charge in [0.25, 0.3) is 0 Å². The first-order valence-electron chi connectivity index (χ1n) is 6.48. The van der Waals surface area contributed by atoms with Crippen molar-refractivity contribution in [2.24, 2.45) is 0 Å². The molecule has 0 radical (unpaired) electrons. The lowest BCUT2D eigenvalue weighted by Crippen LogP contribution is -2.13. The van der Waals surface area contributed by atoms with E-state index in [1.54, 1.807) is 25.6 Å². The van der Waals surface area contributed by atoms with Gasteiger partial charge in [-0.3, -0.25) is 0 Å². The number of hydrogen-bond acceptors (Lipinski definition) is 5. The van der Waals surface area contributed by atoms with Gasteiger partial charge in [-0.1, -0.05) is 6.07 Å². The Bertz CT molecular complexity index is 581. The van der Waals surface area contributed by atoms with E-state index in [-0.39, 0.29) is 0 Å². The third kappa shape index (κ3) is 3.49. The van der Waals surface area contributed by atoms with E-state index in [1.165, 1.54) is 4.88 Å². The molecular formula is C15H20N2O2S. The molecule has 0 aliphatic rings. The second-order valence-electron chi connectivity index (χ2n) is 4.52. The van der Waals surface area contributed by atoms with Gasteiger partial charge < -0.3 is 14.8 Å². The summed E-state index contributed by atoms with van der Waals surface area (Å²) in [7, 11) is 3.33. The fourth-order valence-corrected chi connectivity index (χ4v) is 2.95. The molecule has 0 amide bonds. The molecular weight excluding hydrogens is 272 g/mol. The van der Waals surface area contributed by atoms with Gasteiger partial charge in [-0.05, 0) is 19.9 Å². The number of aromatic nitrogens is 1. The number of aryl methyl sites for hydroxylation is 2. The van der Waals surface area contributed by atoms with Crippen LogP contribution in [0.25, 0.3) is 0 Å². The van der Waals surface area contributed by atoms with Crippen LogP contribution >= 0.6 is 11.3 Å². The van der Waals surface area contributed by atoms with Crippen LogP contribution in [-0.4, -0.2) is 19.2 Å². The minimum Gasteiger partial charge on any atom is -0.497 e. The van der Waals surface area contributed by atoms with Crippen molar-refractivity contribution >= 4 is 11.3 Å². The number of ether oxygens (including phenoxy) is 2. The Morgan fingerprint density at radius 2 is 1.95 bits per heavy atom. The van der Waals surface area contributed by atoms with Gasteiger partial charge in [-0.25, -0.2) is 4.98 Å². The zero-order valence-corrected chi connectivity index (χ0v) is 13.1. The third-order valence-corrected chi connectivity index (χ3v) is 4.17. The maximum absolute atomic E-state index is 5.39. The van der Waals surface area contributed by atoms with E-state index >= 15 is 0 Å². The quantitative estimate of drug-likeness (QED) is 0.888. The number of hydrogen-bond donors (Lipinski definition) is 1. The molecule has 5 heteroatoms. The zero-order valence-electron chi connectivity index (χ0n) is 12.3. The molecule has 1 heterocycles. The minimum absolute atomic E-state index is 0.754. The van der Waals surface area contributed by atoms with E-state index in [2.05, 4.69) is 17.2 Å². The SMILES string of the molecule is COc1ccc(CNCc2sc(C)nc2C)c(OC)c1. The molecule has 1 aromatic carbocycles. The lowest BCUT2D eigenvalue weighted by Gasteiger charge is -2.11. The molecule has 0 unspecified atom stereocenters. The van der Waals surface area contributed by atoms with Gasteiger partial charge in [0, 0.05) is 29.6 Å². The van der Waals surface area contributed by atoms with Gasteiger partial charge in [0.05, 0.1) is 24.9 Å². The predicted molar refractivity (Wildman–Crippen MR) is 81.7 cm³/mol. The number of thiazole rings is 1. The Balaban J connectivity index is 1.98. The van der Waals surface area contributed by atoms with Crippen LogP contribution in [-0.2, 0) is 13.1 Å². The van der Waals surface area contributed by atoms with Crippen molar-refractivity contribution < 1.29 is 9.47 Å². The highest BCUT2D eigenvalue weighted by molar-refractivity contribution is 7.11. The molecule has 4 nitrogen and oxygen atoms in total. The molecule has 0 spiro atoms. The fourth-order valence-electron chi connectivity index (χ4n) is 2.05. The lowest BCUT2D eigenvalue weighted by molar-refractivity contribution is 0.390. The smallest absolute Gasteiger partial charge is 0.127 e. The zero-order chi connectivity index (χ0) is 14.5. The van der Waals surface area contributed by atoms with Crippen molar-refractivity contribution in [3.63, 3.8) is 0 Å². The van der Waals surface area contributed by atoms with E-state index in [1.807, 2.05) is 25.1 Å². The topological polar surface area (TPSA) is 43.4 Å². The second-order valence-corrected chi connectivity index (χ2v) is 5.81. The highest BCUT2D eigenvalue weighted by atomic mass is 32.1. The normalized spacial score (nSPS) is 10.6. The Labute approximate surface area is 123 Å². The highest BCUT2D eigenvalue weighted by Gasteiger charge is 2.07. The summed E-state index contributed by atoms with van der Waals surface area (Å²) in [5.41, 5.74) is 2.23. The van der Waals surface area contributed by atoms with Crippen LogP contribution in [0.4, 0.5) is 0 Å². The molecule has 108 valence electrons. The Morgan fingerprint density at radius 3 is 2.55 bits per heavy atom. The summed E-state index contributed by atoms with van der Waals surface area (Å²) in [5.74, 6) is 1.65. The molecule has 20 heavy (non-hydrogen) atoms. The standard InChI is InChI=1S/C15H20N2O2S/c1-10-15(20-11(2)17-10)9-16-8-12-5-6-13(18-3)7-14(12)19-4/h5-7,16H,8-9H2,1-4H3. The maximum Gasteiger partial charge on any atom is 0.127 e. The average Bonchev–Trinajstić information content (AvgIpc) is 2.77. The monoisotopic (exact) mass is 292 g/mol. The van der Waals surface area contributed by atoms with Crippen molar-refractivity contribution in [2.75, 3.05) is 14.2 Å². The number of nitrogens with one attached hydrogen (secondary N) is 1. The van der Waals surface area contributed by atoms with Gasteiger partial charge in [-0.2, -0.15) is 0 Å². The molecule has 2 aromatic rings. The summed E-state index contributed by atoms with van der Waals surface area (Å²) in [6.45, 7) is 5.66. The van der Waals surface area contributed by atoms with Gasteiger partial charge >= 0.3 is 0 Å². The predicted octanol–water partition coefficient (Wildman–Crippen LogP) is 3.07. The van der Waals surface area contributed by atoms with Crippen molar-refractivity contribution in [2.45, 2.75) is 26.9 Å². The Kier molecular flexibility index (Phi) is 4.98. The van der Waals surface area contributed by atoms with Crippen LogP contribution < -0.4 is 14.8 Å². The Morgan fingerprint density at radius 1 is 1.15 bits per heavy atom. The van der Waals surface area contributed by atoms with E-state index in [4.69, 9.17) is 9.47 Å². The molecule has 2 rings (SSSR count). The summed E-state index contributed by atoms with van der Waals surface area (Å²) in [6.07, 6.45) is 0. The molecule has 0 saturated heterocycles. The lowest BCUT2D eigenvalue weighted by atomic mass is 10.2. The van der Waals surface area contributed by atoms with Crippen LogP contribution in [0.15, 0.2) is 18.2 Å². The fraction of sp³-hybridized carbons (Fsp3) is 0.400.